The summed E-state index contributed by atoms with van der Waals surface area (Å²) in [5.41, 5.74) is 6.35. The molecule has 1 aliphatic heterocycles. The molecule has 3 rings (SSSR count). The molecule has 1 saturated heterocycles. The molecule has 8 nitrogen and oxygen atoms in total. The van der Waals surface area contributed by atoms with E-state index in [1.807, 2.05) is 7.05 Å². The summed E-state index contributed by atoms with van der Waals surface area (Å²) in [5, 5.41) is 9.37. The number of sulfonamides is 1. The van der Waals surface area contributed by atoms with Crippen LogP contribution >= 0.6 is 35.0 Å². The highest BCUT2D eigenvalue weighted by Gasteiger charge is 2.26. The van der Waals surface area contributed by atoms with Crippen molar-refractivity contribution in [2.75, 3.05) is 30.4 Å². The number of hydrogen-bond acceptors (Lipinski definition) is 8. The Morgan fingerprint density at radius 1 is 1.36 bits per heavy atom. The normalized spacial score (nSPS) is 16.7. The minimum atomic E-state index is -4.29. The van der Waals surface area contributed by atoms with Gasteiger partial charge in [0.2, 0.25) is 0 Å². The fraction of sp³-hybridized carbons (Fsp3) is 0.250. The van der Waals surface area contributed by atoms with E-state index in [1.54, 1.807) is 12.1 Å². The molecule has 2 heterocycles. The van der Waals surface area contributed by atoms with Gasteiger partial charge in [-0.1, -0.05) is 29.8 Å². The quantitative estimate of drug-likeness (QED) is 0.358. The van der Waals surface area contributed by atoms with Crippen LogP contribution in [0.3, 0.4) is 0 Å². The summed E-state index contributed by atoms with van der Waals surface area (Å²) in [5.74, 6) is -0.592. The molecule has 5 N–H and O–H groups in total. The molecule has 1 aromatic heterocycles. The van der Waals surface area contributed by atoms with Crippen molar-refractivity contribution in [1.29, 1.82) is 0 Å². The van der Waals surface area contributed by atoms with Gasteiger partial charge in [-0.15, -0.1) is 11.8 Å². The van der Waals surface area contributed by atoms with E-state index in [2.05, 4.69) is 31.8 Å². The van der Waals surface area contributed by atoms with Gasteiger partial charge in [0.05, 0.1) is 16.4 Å². The summed E-state index contributed by atoms with van der Waals surface area (Å²) in [7, 11) is -2.40. The van der Waals surface area contributed by atoms with Crippen LogP contribution in [0.2, 0.25) is 10.2 Å². The first-order chi connectivity index (χ1) is 15.6. The first kappa shape index (κ1) is 25.4. The Morgan fingerprint density at radius 3 is 2.79 bits per heavy atom. The number of thioether (sulfide) groups is 1. The highest BCUT2D eigenvalue weighted by Crippen LogP contribution is 2.35. The number of anilines is 3. The van der Waals surface area contributed by atoms with Gasteiger partial charge in [0, 0.05) is 30.6 Å². The largest absolute Gasteiger partial charge is 0.384 e. The SMILES string of the molecule is C=CS/C=C(\N)NS(=O)(=O)c1cc(Cl)c(Nc2ccc(Cl)nc2N2CCC(NC)C2)cc1F. The third kappa shape index (κ3) is 6.24. The van der Waals surface area contributed by atoms with Gasteiger partial charge in [0.15, 0.2) is 5.82 Å². The third-order valence-electron chi connectivity index (χ3n) is 4.86. The molecule has 1 fully saturated rings. The number of benzene rings is 1. The molecule has 0 radical (unpaired) electrons. The van der Waals surface area contributed by atoms with Crippen LogP contribution in [-0.2, 0) is 10.0 Å². The lowest BCUT2D eigenvalue weighted by molar-refractivity contribution is 0.562. The predicted molar refractivity (Wildman–Crippen MR) is 134 cm³/mol. The van der Waals surface area contributed by atoms with Crippen LogP contribution in [-0.4, -0.2) is 39.6 Å². The predicted octanol–water partition coefficient (Wildman–Crippen LogP) is 3.98. The molecule has 0 bridgehead atoms. The zero-order valence-electron chi connectivity index (χ0n) is 17.6. The summed E-state index contributed by atoms with van der Waals surface area (Å²) in [6, 6.07) is 5.64. The van der Waals surface area contributed by atoms with Crippen LogP contribution < -0.4 is 26.0 Å². The fourth-order valence-corrected chi connectivity index (χ4v) is 5.15. The van der Waals surface area contributed by atoms with Crippen LogP contribution in [0.4, 0.5) is 21.6 Å². The van der Waals surface area contributed by atoms with Gasteiger partial charge in [-0.3, -0.25) is 4.72 Å². The van der Waals surface area contributed by atoms with Crippen LogP contribution in [0, 0.1) is 5.82 Å². The van der Waals surface area contributed by atoms with Gasteiger partial charge in [-0.05, 0) is 37.1 Å². The zero-order chi connectivity index (χ0) is 24.2. The Hall–Kier alpha value is -2.18. The number of halogens is 3. The summed E-state index contributed by atoms with van der Waals surface area (Å²) in [6.07, 6.45) is 0.932. The van der Waals surface area contributed by atoms with Crippen molar-refractivity contribution in [2.45, 2.75) is 17.4 Å². The maximum absolute atomic E-state index is 14.8. The molecule has 0 amide bonds. The van der Waals surface area contributed by atoms with E-state index in [0.717, 1.165) is 43.4 Å². The molecule has 0 aliphatic carbocycles. The number of hydrogen-bond donors (Lipinski definition) is 4. The molecule has 13 heteroatoms. The molecular formula is C20H23Cl2FN6O2S2. The number of nitrogens with one attached hydrogen (secondary N) is 3. The third-order valence-corrected chi connectivity index (χ3v) is 7.36. The van der Waals surface area contributed by atoms with E-state index in [0.29, 0.717) is 22.7 Å². The summed E-state index contributed by atoms with van der Waals surface area (Å²) in [4.78, 5) is 5.83. The van der Waals surface area contributed by atoms with Gasteiger partial charge >= 0.3 is 0 Å². The Morgan fingerprint density at radius 2 is 2.12 bits per heavy atom. The van der Waals surface area contributed by atoms with Gasteiger partial charge in [0.1, 0.15) is 21.7 Å². The van der Waals surface area contributed by atoms with Gasteiger partial charge < -0.3 is 21.3 Å². The summed E-state index contributed by atoms with van der Waals surface area (Å²) < 4.78 is 42.0. The Bertz CT molecular complexity index is 1180. The van der Waals surface area contributed by atoms with E-state index in [1.165, 1.54) is 10.8 Å². The van der Waals surface area contributed by atoms with Gasteiger partial charge in [-0.2, -0.15) is 0 Å². The lowest BCUT2D eigenvalue weighted by Crippen LogP contribution is -2.30. The molecule has 33 heavy (non-hydrogen) atoms. The van der Waals surface area contributed by atoms with E-state index in [9.17, 15) is 12.8 Å². The van der Waals surface area contributed by atoms with Crippen molar-refractivity contribution in [3.05, 3.63) is 63.5 Å². The maximum atomic E-state index is 14.8. The molecule has 0 spiro atoms. The number of nitrogens with two attached hydrogens (primary N) is 1. The smallest absolute Gasteiger partial charge is 0.265 e. The number of aromatic nitrogens is 1. The second-order valence-corrected chi connectivity index (χ2v) is 10.4. The second kappa shape index (κ2) is 10.8. The minimum Gasteiger partial charge on any atom is -0.384 e. The highest BCUT2D eigenvalue weighted by molar-refractivity contribution is 8.04. The van der Waals surface area contributed by atoms with Crippen LogP contribution in [0.15, 0.2) is 52.4 Å². The lowest BCUT2D eigenvalue weighted by atomic mass is 10.2. The number of likely N-dealkylation sites (N-methyl/N-ethyl adjacent to an activating group) is 1. The van der Waals surface area contributed by atoms with E-state index >= 15 is 0 Å². The van der Waals surface area contributed by atoms with E-state index < -0.39 is 20.7 Å². The monoisotopic (exact) mass is 532 g/mol. The molecule has 1 aliphatic rings. The van der Waals surface area contributed by atoms with E-state index in [4.69, 9.17) is 28.9 Å². The first-order valence-electron chi connectivity index (χ1n) is 9.74. The van der Waals surface area contributed by atoms with Crippen molar-refractivity contribution < 1.29 is 12.8 Å². The van der Waals surface area contributed by atoms with Crippen molar-refractivity contribution >= 4 is 62.2 Å². The van der Waals surface area contributed by atoms with Gasteiger partial charge in [0.25, 0.3) is 10.0 Å². The fourth-order valence-electron chi connectivity index (χ4n) is 3.28. The van der Waals surface area contributed by atoms with E-state index in [-0.39, 0.29) is 16.5 Å². The average Bonchev–Trinajstić information content (AvgIpc) is 3.24. The standard InChI is InChI=1S/C20H23Cl2FN6O2S2/c1-3-32-11-19(24)28-33(30,31)17-8-13(21)16(9-14(17)23)26-15-4-5-18(22)27-20(15)29-7-6-12(10-29)25-2/h3-5,8-9,11-12,25-26,28H,1,6-7,10,24H2,2H3/b19-11+. The number of rotatable bonds is 9. The van der Waals surface area contributed by atoms with Crippen LogP contribution in [0.25, 0.3) is 0 Å². The Balaban J connectivity index is 1.89. The molecule has 1 atom stereocenters. The second-order valence-electron chi connectivity index (χ2n) is 7.09. The van der Waals surface area contributed by atoms with Crippen LogP contribution in [0.5, 0.6) is 0 Å². The molecule has 2 aromatic rings. The molecule has 1 unspecified atom stereocenters. The average molecular weight is 533 g/mol. The molecule has 178 valence electrons. The number of pyridine rings is 1. The molecule has 0 saturated carbocycles. The molecule has 1 aromatic carbocycles. The van der Waals surface area contributed by atoms with Gasteiger partial charge in [-0.25, -0.2) is 17.8 Å². The first-order valence-corrected chi connectivity index (χ1v) is 12.9. The highest BCUT2D eigenvalue weighted by atomic mass is 35.5. The van der Waals surface area contributed by atoms with Crippen molar-refractivity contribution in [3.63, 3.8) is 0 Å². The van der Waals surface area contributed by atoms with Crippen molar-refractivity contribution in [2.24, 2.45) is 5.73 Å². The van der Waals surface area contributed by atoms with Crippen molar-refractivity contribution in [1.82, 2.24) is 15.0 Å². The zero-order valence-corrected chi connectivity index (χ0v) is 20.8. The Kier molecular flexibility index (Phi) is 8.35. The van der Waals surface area contributed by atoms with Crippen LogP contribution in [0.1, 0.15) is 6.42 Å². The topological polar surface area (TPSA) is 112 Å². The molecular weight excluding hydrogens is 510 g/mol. The number of nitrogens with zero attached hydrogens (tertiary/aromatic N) is 2. The maximum Gasteiger partial charge on any atom is 0.265 e. The summed E-state index contributed by atoms with van der Waals surface area (Å²) in [6.45, 7) is 4.97. The minimum absolute atomic E-state index is 0.00443. The lowest BCUT2D eigenvalue weighted by Gasteiger charge is -2.22. The summed E-state index contributed by atoms with van der Waals surface area (Å²) >= 11 is 13.5. The van der Waals surface area contributed by atoms with Crippen molar-refractivity contribution in [3.8, 4) is 0 Å². The Labute approximate surface area is 206 Å².